The van der Waals surface area contributed by atoms with E-state index in [-0.39, 0.29) is 19.2 Å². The number of benzene rings is 2. The molecule has 2 heterocycles. The second-order valence-electron chi connectivity index (χ2n) is 8.31. The van der Waals surface area contributed by atoms with Crippen molar-refractivity contribution in [2.45, 2.75) is 23.5 Å². The molecule has 11 heteroatoms. The summed E-state index contributed by atoms with van der Waals surface area (Å²) in [6.45, 7) is -0.338. The van der Waals surface area contributed by atoms with Crippen LogP contribution in [0.1, 0.15) is 27.6 Å². The fourth-order valence-electron chi connectivity index (χ4n) is 4.28. The fraction of sp³-hybridized carbons (Fsp3) is 0.320. The molecule has 0 spiro atoms. The number of carbonyl (C=O) groups excluding carboxylic acids is 1. The zero-order valence-electron chi connectivity index (χ0n) is 19.4. The number of methoxy groups -OCH3 is 1. The Labute approximate surface area is 212 Å². The Balaban J connectivity index is 1.65. The van der Waals surface area contributed by atoms with Crippen LogP contribution in [-0.4, -0.2) is 56.9 Å². The van der Waals surface area contributed by atoms with Crippen molar-refractivity contribution in [3.8, 4) is 0 Å². The minimum atomic E-state index is -4.70. The molecule has 0 aliphatic carbocycles. The summed E-state index contributed by atoms with van der Waals surface area (Å²) in [5, 5.41) is 1.97. The number of amides is 1. The summed E-state index contributed by atoms with van der Waals surface area (Å²) in [6, 6.07) is 14.6. The Kier molecular flexibility index (Phi) is 7.84. The van der Waals surface area contributed by atoms with Crippen LogP contribution in [0.25, 0.3) is 0 Å². The van der Waals surface area contributed by atoms with Gasteiger partial charge in [-0.05, 0) is 47.2 Å². The number of fused-ring (bicyclic) bond motifs is 1. The lowest BCUT2D eigenvalue weighted by Gasteiger charge is -2.37. The van der Waals surface area contributed by atoms with Gasteiger partial charge in [0.25, 0.3) is 0 Å². The van der Waals surface area contributed by atoms with Crippen LogP contribution in [0.2, 0.25) is 0 Å². The highest BCUT2D eigenvalue weighted by atomic mass is 32.2. The number of halogens is 3. The van der Waals surface area contributed by atoms with Crippen LogP contribution in [0, 0.1) is 0 Å². The van der Waals surface area contributed by atoms with Crippen molar-refractivity contribution >= 4 is 27.3 Å². The number of carbonyl (C=O) groups is 1. The van der Waals surface area contributed by atoms with Gasteiger partial charge < -0.3 is 9.64 Å². The second-order valence-corrected chi connectivity index (χ2v) is 11.2. The minimum absolute atomic E-state index is 0.0255. The van der Waals surface area contributed by atoms with Gasteiger partial charge in [0.2, 0.25) is 15.9 Å². The van der Waals surface area contributed by atoms with Crippen molar-refractivity contribution in [2.24, 2.45) is 0 Å². The van der Waals surface area contributed by atoms with E-state index < -0.39 is 39.1 Å². The standard InChI is InChI=1S/C25H25F3N2O4S2/c1-34-14-13-29(36(32,33)20-9-5-8-19(16-20)25(26,27)28)17-23(31)30-12-10-22-21(11-15-35-22)24(30)18-6-3-2-4-7-18/h2-9,11,15-16,24H,10,12-14,17H2,1H3. The van der Waals surface area contributed by atoms with Gasteiger partial charge in [-0.15, -0.1) is 11.3 Å². The summed E-state index contributed by atoms with van der Waals surface area (Å²) in [5.74, 6) is -0.438. The molecule has 0 fully saturated rings. The maximum Gasteiger partial charge on any atom is 0.416 e. The summed E-state index contributed by atoms with van der Waals surface area (Å²) in [4.78, 5) is 15.9. The molecule has 0 saturated heterocycles. The Hall–Kier alpha value is -2.73. The Morgan fingerprint density at radius 2 is 1.89 bits per heavy atom. The molecule has 1 amide bonds. The van der Waals surface area contributed by atoms with E-state index in [1.165, 1.54) is 12.0 Å². The number of rotatable bonds is 8. The molecule has 36 heavy (non-hydrogen) atoms. The highest BCUT2D eigenvalue weighted by Crippen LogP contribution is 2.38. The van der Waals surface area contributed by atoms with Gasteiger partial charge in [-0.3, -0.25) is 4.79 Å². The third-order valence-corrected chi connectivity index (χ3v) is 8.89. The van der Waals surface area contributed by atoms with Gasteiger partial charge in [-0.25, -0.2) is 8.42 Å². The molecule has 0 saturated carbocycles. The molecule has 6 nitrogen and oxygen atoms in total. The number of hydrogen-bond acceptors (Lipinski definition) is 5. The van der Waals surface area contributed by atoms with Crippen LogP contribution in [0.3, 0.4) is 0 Å². The van der Waals surface area contributed by atoms with Gasteiger partial charge in [0.15, 0.2) is 0 Å². The van der Waals surface area contributed by atoms with Crippen LogP contribution in [0.15, 0.2) is 70.9 Å². The first kappa shape index (κ1) is 26.3. The van der Waals surface area contributed by atoms with Crippen molar-refractivity contribution in [1.29, 1.82) is 0 Å². The van der Waals surface area contributed by atoms with Crippen molar-refractivity contribution in [3.05, 3.63) is 87.6 Å². The van der Waals surface area contributed by atoms with Gasteiger partial charge in [0.1, 0.15) is 0 Å². The average Bonchev–Trinajstić information content (AvgIpc) is 3.35. The molecule has 0 radical (unpaired) electrons. The summed E-state index contributed by atoms with van der Waals surface area (Å²) < 4.78 is 72.3. The van der Waals surface area contributed by atoms with Gasteiger partial charge in [-0.1, -0.05) is 36.4 Å². The SMILES string of the molecule is COCCN(CC(=O)N1CCc2sccc2C1c1ccccc1)S(=O)(=O)c1cccc(C(F)(F)F)c1. The molecule has 1 atom stereocenters. The number of alkyl halides is 3. The largest absolute Gasteiger partial charge is 0.416 e. The number of nitrogens with zero attached hydrogens (tertiary/aromatic N) is 2. The first-order chi connectivity index (χ1) is 17.1. The first-order valence-electron chi connectivity index (χ1n) is 11.2. The predicted molar refractivity (Wildman–Crippen MR) is 130 cm³/mol. The highest BCUT2D eigenvalue weighted by Gasteiger charge is 2.37. The van der Waals surface area contributed by atoms with Crippen molar-refractivity contribution in [1.82, 2.24) is 9.21 Å². The fourth-order valence-corrected chi connectivity index (χ4v) is 6.60. The zero-order chi connectivity index (χ0) is 25.9. The van der Waals surface area contributed by atoms with Gasteiger partial charge in [0, 0.05) is 25.1 Å². The van der Waals surface area contributed by atoms with Gasteiger partial charge in [-0.2, -0.15) is 17.5 Å². The van der Waals surface area contributed by atoms with Crippen LogP contribution in [0.5, 0.6) is 0 Å². The van der Waals surface area contributed by atoms with E-state index >= 15 is 0 Å². The van der Waals surface area contributed by atoms with E-state index in [1.807, 2.05) is 41.8 Å². The molecule has 1 aliphatic rings. The molecule has 0 N–H and O–H groups in total. The monoisotopic (exact) mass is 538 g/mol. The van der Waals surface area contributed by atoms with E-state index in [0.717, 1.165) is 33.6 Å². The summed E-state index contributed by atoms with van der Waals surface area (Å²) in [6.07, 6.45) is -4.06. The molecule has 1 unspecified atom stereocenters. The number of sulfonamides is 1. The molecule has 0 bridgehead atoms. The maximum absolute atomic E-state index is 13.6. The zero-order valence-corrected chi connectivity index (χ0v) is 21.1. The summed E-state index contributed by atoms with van der Waals surface area (Å²) >= 11 is 1.61. The van der Waals surface area contributed by atoms with Crippen LogP contribution in [0.4, 0.5) is 13.2 Å². The molecule has 4 rings (SSSR count). The van der Waals surface area contributed by atoms with Crippen molar-refractivity contribution in [3.63, 3.8) is 0 Å². The highest BCUT2D eigenvalue weighted by molar-refractivity contribution is 7.89. The Bertz CT molecular complexity index is 1310. The van der Waals surface area contributed by atoms with E-state index in [9.17, 15) is 26.4 Å². The lowest BCUT2D eigenvalue weighted by Crippen LogP contribution is -2.47. The molecule has 1 aromatic heterocycles. The van der Waals surface area contributed by atoms with E-state index in [1.54, 1.807) is 16.2 Å². The summed E-state index contributed by atoms with van der Waals surface area (Å²) in [5.41, 5.74) is 0.816. The third kappa shape index (κ3) is 5.49. The van der Waals surface area contributed by atoms with E-state index in [4.69, 9.17) is 4.74 Å². The minimum Gasteiger partial charge on any atom is -0.383 e. The van der Waals surface area contributed by atoms with Gasteiger partial charge >= 0.3 is 6.18 Å². The maximum atomic E-state index is 13.6. The molecule has 3 aromatic rings. The Morgan fingerprint density at radius 3 is 2.58 bits per heavy atom. The quantitative estimate of drug-likeness (QED) is 0.421. The van der Waals surface area contributed by atoms with Crippen LogP contribution >= 0.6 is 11.3 Å². The molecule has 2 aromatic carbocycles. The number of thiophene rings is 1. The summed E-state index contributed by atoms with van der Waals surface area (Å²) in [7, 11) is -3.03. The Morgan fingerprint density at radius 1 is 1.14 bits per heavy atom. The van der Waals surface area contributed by atoms with Crippen molar-refractivity contribution < 1.29 is 31.1 Å². The molecule has 192 valence electrons. The topological polar surface area (TPSA) is 66.9 Å². The third-order valence-electron chi connectivity index (χ3n) is 6.06. The van der Waals surface area contributed by atoms with Crippen molar-refractivity contribution in [2.75, 3.05) is 33.4 Å². The van der Waals surface area contributed by atoms with E-state index in [0.29, 0.717) is 19.0 Å². The van der Waals surface area contributed by atoms with Gasteiger partial charge in [0.05, 0.1) is 29.7 Å². The molecular formula is C25H25F3N2O4S2. The molecule has 1 aliphatic heterocycles. The lowest BCUT2D eigenvalue weighted by atomic mass is 9.93. The lowest BCUT2D eigenvalue weighted by molar-refractivity contribution is -0.137. The number of ether oxygens (including phenoxy) is 1. The average molecular weight is 539 g/mol. The first-order valence-corrected chi connectivity index (χ1v) is 13.5. The normalized spacial score (nSPS) is 16.2. The predicted octanol–water partition coefficient (Wildman–Crippen LogP) is 4.58. The van der Waals surface area contributed by atoms with Crippen LogP contribution in [-0.2, 0) is 32.2 Å². The van der Waals surface area contributed by atoms with Crippen LogP contribution < -0.4 is 0 Å². The molecular weight excluding hydrogens is 513 g/mol. The number of hydrogen-bond donors (Lipinski definition) is 0. The smallest absolute Gasteiger partial charge is 0.383 e. The second kappa shape index (κ2) is 10.7. The van der Waals surface area contributed by atoms with E-state index in [2.05, 4.69) is 0 Å².